The second kappa shape index (κ2) is 9.10. The molecule has 0 aliphatic carbocycles. The van der Waals surface area contributed by atoms with Crippen molar-refractivity contribution in [2.75, 3.05) is 11.9 Å². The maximum atomic E-state index is 12.3. The summed E-state index contributed by atoms with van der Waals surface area (Å²) in [7, 11) is -0.0830. The van der Waals surface area contributed by atoms with Gasteiger partial charge in [-0.1, -0.05) is 65.7 Å². The summed E-state index contributed by atoms with van der Waals surface area (Å²) in [6.45, 7) is 15.5. The van der Waals surface area contributed by atoms with Crippen LogP contribution in [0.25, 0.3) is 0 Å². The van der Waals surface area contributed by atoms with Gasteiger partial charge in [-0.2, -0.15) is 0 Å². The average molecular weight is 360 g/mol. The van der Waals surface area contributed by atoms with Crippen LogP contribution < -0.4 is 4.90 Å². The summed E-state index contributed by atoms with van der Waals surface area (Å²) in [6, 6.07) is 9.48. The number of ether oxygens (including phenoxy) is 1. The summed E-state index contributed by atoms with van der Waals surface area (Å²) in [4.78, 5) is 13.8. The molecule has 1 aromatic rings. The van der Waals surface area contributed by atoms with Gasteiger partial charge in [-0.3, -0.25) is 4.90 Å². The molecule has 0 bridgehead atoms. The molecule has 25 heavy (non-hydrogen) atoms. The van der Waals surface area contributed by atoms with E-state index in [0.29, 0.717) is 16.6 Å². The third-order valence-corrected chi connectivity index (χ3v) is 11.4. The highest BCUT2D eigenvalue weighted by molar-refractivity contribution is 6.90. The second-order valence-corrected chi connectivity index (χ2v) is 13.2. The van der Waals surface area contributed by atoms with E-state index in [1.165, 1.54) is 4.90 Å². The fourth-order valence-electron chi connectivity index (χ4n) is 3.68. The molecular weight excluding hydrogens is 326 g/mol. The maximum absolute atomic E-state index is 12.3. The predicted octanol–water partition coefficient (Wildman–Crippen LogP) is 5.87. The number of hydrogen-bond donors (Lipinski definition) is 0. The molecule has 0 aliphatic rings. The van der Waals surface area contributed by atoms with E-state index in [1.807, 2.05) is 37.3 Å². The molecule has 3 nitrogen and oxygen atoms in total. The van der Waals surface area contributed by atoms with Crippen LogP contribution in [0.1, 0.15) is 48.5 Å². The first-order chi connectivity index (χ1) is 11.6. The quantitative estimate of drug-likeness (QED) is 0.486. The molecule has 0 heterocycles. The molecule has 1 atom stereocenters. The van der Waals surface area contributed by atoms with Crippen LogP contribution in [0.15, 0.2) is 30.3 Å². The molecule has 1 aromatic carbocycles. The number of rotatable bonds is 5. The number of benzene rings is 1. The van der Waals surface area contributed by atoms with Crippen LogP contribution in [0.3, 0.4) is 0 Å². The number of carbonyl (C=O) groups excluding carboxylic acids is 1. The van der Waals surface area contributed by atoms with Gasteiger partial charge in [0.05, 0.1) is 0 Å². The van der Waals surface area contributed by atoms with Crippen LogP contribution in [0.2, 0.25) is 16.6 Å². The predicted molar refractivity (Wildman–Crippen MR) is 110 cm³/mol. The van der Waals surface area contributed by atoms with Crippen LogP contribution >= 0.6 is 0 Å². The van der Waals surface area contributed by atoms with E-state index >= 15 is 0 Å². The van der Waals surface area contributed by atoms with E-state index in [0.717, 1.165) is 5.69 Å². The number of anilines is 1. The lowest BCUT2D eigenvalue weighted by atomic mass is 10.3. The molecule has 1 unspecified atom stereocenters. The molecule has 0 N–H and O–H groups in total. The summed E-state index contributed by atoms with van der Waals surface area (Å²) in [6.07, 6.45) is -0.791. The first kappa shape index (κ1) is 21.3. The van der Waals surface area contributed by atoms with Crippen molar-refractivity contribution in [3.05, 3.63) is 30.3 Å². The average Bonchev–Trinajstić information content (AvgIpc) is 2.54. The van der Waals surface area contributed by atoms with E-state index in [1.54, 1.807) is 7.05 Å². The molecule has 1 amide bonds. The Kier molecular flexibility index (Phi) is 7.76. The Bertz CT molecular complexity index is 592. The highest BCUT2D eigenvalue weighted by Crippen LogP contribution is 2.40. The molecule has 0 aromatic heterocycles. The normalized spacial score (nSPS) is 12.8. The lowest BCUT2D eigenvalue weighted by molar-refractivity contribution is 0.139. The summed E-state index contributed by atoms with van der Waals surface area (Å²) in [5.74, 6) is 3.25. The van der Waals surface area contributed by atoms with Crippen molar-refractivity contribution in [2.45, 2.75) is 71.2 Å². The Labute approximate surface area is 154 Å². The highest BCUT2D eigenvalue weighted by atomic mass is 28.3. The van der Waals surface area contributed by atoms with Crippen LogP contribution in [-0.4, -0.2) is 27.3 Å². The largest absolute Gasteiger partial charge is 0.433 e. The number of nitrogens with zero attached hydrogens (tertiary/aromatic N) is 1. The van der Waals surface area contributed by atoms with E-state index in [-0.39, 0.29) is 6.09 Å². The molecule has 0 radical (unpaired) electrons. The summed E-state index contributed by atoms with van der Waals surface area (Å²) in [5.41, 5.74) is 6.11. The Morgan fingerprint density at radius 1 is 0.960 bits per heavy atom. The third-order valence-electron chi connectivity index (χ3n) is 5.05. The van der Waals surface area contributed by atoms with E-state index in [9.17, 15) is 4.79 Å². The van der Waals surface area contributed by atoms with Crippen LogP contribution in [0, 0.1) is 11.5 Å². The molecule has 0 saturated heterocycles. The number of para-hydroxylation sites is 1. The van der Waals surface area contributed by atoms with Crippen molar-refractivity contribution in [1.82, 2.24) is 0 Å². The molecule has 0 aliphatic heterocycles. The summed E-state index contributed by atoms with van der Waals surface area (Å²) in [5, 5.41) is 0. The van der Waals surface area contributed by atoms with Crippen molar-refractivity contribution >= 4 is 19.9 Å². The topological polar surface area (TPSA) is 29.5 Å². The lowest BCUT2D eigenvalue weighted by Crippen LogP contribution is -2.43. The summed E-state index contributed by atoms with van der Waals surface area (Å²) >= 11 is 0. The van der Waals surface area contributed by atoms with Gasteiger partial charge in [-0.05, 0) is 35.7 Å². The van der Waals surface area contributed by atoms with E-state index in [4.69, 9.17) is 4.74 Å². The number of amides is 1. The molecule has 0 saturated carbocycles. The number of carbonyl (C=O) groups is 1. The lowest BCUT2D eigenvalue weighted by Gasteiger charge is -2.38. The standard InChI is InChI=1S/C21H33NO2Si/c1-16(2)25(17(3)4,18(5)6)15-14-19(7)24-21(23)22(8)20-12-10-9-11-13-20/h9-13,16-19H,1-8H3. The molecule has 1 rings (SSSR count). The minimum absolute atomic E-state index is 0.376. The first-order valence-corrected chi connectivity index (χ1v) is 11.4. The van der Waals surface area contributed by atoms with Crippen molar-refractivity contribution in [1.29, 1.82) is 0 Å². The Morgan fingerprint density at radius 2 is 1.44 bits per heavy atom. The highest BCUT2D eigenvalue weighted by Gasteiger charge is 2.41. The minimum atomic E-state index is -1.80. The second-order valence-electron chi connectivity index (χ2n) is 7.59. The Hall–Kier alpha value is -1.73. The van der Waals surface area contributed by atoms with Crippen molar-refractivity contribution in [2.24, 2.45) is 0 Å². The smallest absolute Gasteiger partial charge is 0.415 e. The maximum Gasteiger partial charge on any atom is 0.415 e. The molecule has 0 fully saturated rings. The van der Waals surface area contributed by atoms with E-state index in [2.05, 4.69) is 53.0 Å². The third kappa shape index (κ3) is 5.12. The van der Waals surface area contributed by atoms with Gasteiger partial charge in [0.15, 0.2) is 6.10 Å². The monoisotopic (exact) mass is 359 g/mol. The zero-order chi connectivity index (χ0) is 19.2. The van der Waals surface area contributed by atoms with Crippen LogP contribution in [-0.2, 0) is 4.74 Å². The van der Waals surface area contributed by atoms with Gasteiger partial charge in [0.1, 0.15) is 8.07 Å². The summed E-state index contributed by atoms with van der Waals surface area (Å²) < 4.78 is 5.54. The fraction of sp³-hybridized carbons (Fsp3) is 0.571. The van der Waals surface area contributed by atoms with Crippen molar-refractivity contribution < 1.29 is 9.53 Å². The van der Waals surface area contributed by atoms with Gasteiger partial charge in [-0.25, -0.2) is 4.79 Å². The molecular formula is C21H33NO2Si. The number of hydrogen-bond acceptors (Lipinski definition) is 2. The van der Waals surface area contributed by atoms with Gasteiger partial charge in [0.2, 0.25) is 0 Å². The van der Waals surface area contributed by atoms with Gasteiger partial charge in [0, 0.05) is 12.7 Å². The fourth-order valence-corrected chi connectivity index (χ4v) is 9.00. The zero-order valence-corrected chi connectivity index (χ0v) is 18.0. The molecule has 0 spiro atoms. The Balaban J connectivity index is 2.90. The van der Waals surface area contributed by atoms with Crippen molar-refractivity contribution in [3.8, 4) is 11.5 Å². The van der Waals surface area contributed by atoms with Gasteiger partial charge in [-0.15, -0.1) is 5.54 Å². The van der Waals surface area contributed by atoms with Gasteiger partial charge in [0.25, 0.3) is 0 Å². The van der Waals surface area contributed by atoms with Gasteiger partial charge < -0.3 is 4.74 Å². The van der Waals surface area contributed by atoms with Crippen LogP contribution in [0.5, 0.6) is 0 Å². The van der Waals surface area contributed by atoms with Gasteiger partial charge >= 0.3 is 6.09 Å². The van der Waals surface area contributed by atoms with Crippen LogP contribution in [0.4, 0.5) is 10.5 Å². The van der Waals surface area contributed by atoms with Crippen molar-refractivity contribution in [3.63, 3.8) is 0 Å². The van der Waals surface area contributed by atoms with E-state index < -0.39 is 14.2 Å². The molecule has 138 valence electrons. The first-order valence-electron chi connectivity index (χ1n) is 9.15. The molecule has 4 heteroatoms. The Morgan fingerprint density at radius 3 is 1.88 bits per heavy atom. The minimum Gasteiger partial charge on any atom is -0.433 e. The SMILES string of the molecule is CC(C#C[Si](C(C)C)(C(C)C)C(C)C)OC(=O)N(C)c1ccccc1. The zero-order valence-electron chi connectivity index (χ0n) is 17.0.